The Balaban J connectivity index is 1.94. The van der Waals surface area contributed by atoms with Gasteiger partial charge in [0.15, 0.2) is 0 Å². The van der Waals surface area contributed by atoms with Gasteiger partial charge in [-0.1, -0.05) is 90.0 Å². The van der Waals surface area contributed by atoms with E-state index < -0.39 is 6.04 Å². The molecule has 0 aliphatic heterocycles. The van der Waals surface area contributed by atoms with Gasteiger partial charge in [0.2, 0.25) is 11.8 Å². The average molecular weight is 415 g/mol. The zero-order valence-electron chi connectivity index (χ0n) is 18.5. The highest BCUT2D eigenvalue weighted by Gasteiger charge is 2.29. The van der Waals surface area contributed by atoms with Crippen molar-refractivity contribution in [2.24, 2.45) is 0 Å². The SMILES string of the molecule is CNC(=O)[C@H](Cc1ccccc1)N(Cc1cccc(C)c1)C(=O)Cc1cccc(C)c1. The summed E-state index contributed by atoms with van der Waals surface area (Å²) in [6.07, 6.45) is 0.724. The molecule has 160 valence electrons. The highest BCUT2D eigenvalue weighted by Crippen LogP contribution is 2.17. The predicted octanol–water partition coefficient (Wildman–Crippen LogP) is 4.23. The molecule has 3 aromatic carbocycles. The zero-order valence-corrected chi connectivity index (χ0v) is 18.5. The second-order valence-corrected chi connectivity index (χ2v) is 8.00. The van der Waals surface area contributed by atoms with Crippen molar-refractivity contribution < 1.29 is 9.59 Å². The van der Waals surface area contributed by atoms with E-state index in [4.69, 9.17) is 0 Å². The molecule has 0 fully saturated rings. The van der Waals surface area contributed by atoms with Crippen LogP contribution in [0.1, 0.15) is 27.8 Å². The number of aryl methyl sites for hydroxylation is 2. The summed E-state index contributed by atoms with van der Waals surface area (Å²) in [6, 6.07) is 25.3. The van der Waals surface area contributed by atoms with Gasteiger partial charge in [0.05, 0.1) is 6.42 Å². The lowest BCUT2D eigenvalue weighted by Crippen LogP contribution is -2.50. The molecular formula is C27H30N2O2. The van der Waals surface area contributed by atoms with Crippen molar-refractivity contribution in [3.63, 3.8) is 0 Å². The Hall–Kier alpha value is -3.40. The van der Waals surface area contributed by atoms with E-state index in [0.29, 0.717) is 13.0 Å². The Kier molecular flexibility index (Phi) is 7.60. The van der Waals surface area contributed by atoms with Crippen LogP contribution < -0.4 is 5.32 Å². The van der Waals surface area contributed by atoms with E-state index in [9.17, 15) is 9.59 Å². The van der Waals surface area contributed by atoms with Gasteiger partial charge in [-0.05, 0) is 30.5 Å². The van der Waals surface area contributed by atoms with E-state index in [0.717, 1.165) is 27.8 Å². The molecule has 0 bridgehead atoms. The van der Waals surface area contributed by atoms with Crippen LogP contribution in [0.5, 0.6) is 0 Å². The van der Waals surface area contributed by atoms with Crippen molar-refractivity contribution >= 4 is 11.8 Å². The summed E-state index contributed by atoms with van der Waals surface area (Å²) in [5, 5.41) is 2.76. The number of carbonyl (C=O) groups excluding carboxylic acids is 2. The van der Waals surface area contributed by atoms with Crippen molar-refractivity contribution in [2.75, 3.05) is 7.05 Å². The molecular weight excluding hydrogens is 384 g/mol. The molecule has 0 aliphatic rings. The maximum absolute atomic E-state index is 13.5. The minimum Gasteiger partial charge on any atom is -0.357 e. The third-order valence-corrected chi connectivity index (χ3v) is 5.39. The third-order valence-electron chi connectivity index (χ3n) is 5.39. The molecule has 0 unspecified atom stereocenters. The van der Waals surface area contributed by atoms with Gasteiger partial charge in [0, 0.05) is 20.0 Å². The molecule has 0 saturated heterocycles. The molecule has 0 spiro atoms. The van der Waals surface area contributed by atoms with Crippen molar-refractivity contribution in [1.29, 1.82) is 0 Å². The molecule has 4 nitrogen and oxygen atoms in total. The maximum atomic E-state index is 13.5. The van der Waals surface area contributed by atoms with Gasteiger partial charge in [-0.3, -0.25) is 9.59 Å². The summed E-state index contributed by atoms with van der Waals surface area (Å²) in [4.78, 5) is 28.2. The summed E-state index contributed by atoms with van der Waals surface area (Å²) in [5.74, 6) is -0.217. The van der Waals surface area contributed by atoms with E-state index >= 15 is 0 Å². The Bertz CT molecular complexity index is 1030. The largest absolute Gasteiger partial charge is 0.357 e. The van der Waals surface area contributed by atoms with Crippen LogP contribution in [0.25, 0.3) is 0 Å². The second kappa shape index (κ2) is 10.6. The van der Waals surface area contributed by atoms with Crippen LogP contribution >= 0.6 is 0 Å². The van der Waals surface area contributed by atoms with Gasteiger partial charge >= 0.3 is 0 Å². The molecule has 1 atom stereocenters. The van der Waals surface area contributed by atoms with Crippen molar-refractivity contribution in [2.45, 2.75) is 39.3 Å². The molecule has 2 amide bonds. The summed E-state index contributed by atoms with van der Waals surface area (Å²) >= 11 is 0. The first kappa shape index (κ1) is 22.3. The molecule has 1 N–H and O–H groups in total. The van der Waals surface area contributed by atoms with E-state index in [1.54, 1.807) is 11.9 Å². The van der Waals surface area contributed by atoms with Gasteiger partial charge in [-0.2, -0.15) is 0 Å². The fourth-order valence-electron chi connectivity index (χ4n) is 3.83. The van der Waals surface area contributed by atoms with E-state index in [2.05, 4.69) is 11.4 Å². The number of carbonyl (C=O) groups is 2. The molecule has 0 saturated carbocycles. The Morgan fingerprint density at radius 2 is 1.39 bits per heavy atom. The van der Waals surface area contributed by atoms with Crippen molar-refractivity contribution in [1.82, 2.24) is 10.2 Å². The van der Waals surface area contributed by atoms with Gasteiger partial charge in [-0.15, -0.1) is 0 Å². The van der Waals surface area contributed by atoms with E-state index in [1.165, 1.54) is 0 Å². The standard InChI is InChI=1S/C27H30N2O2/c1-20-9-7-13-23(15-20)18-26(30)29(19-24-14-8-10-21(2)16-24)25(27(31)28-3)17-22-11-5-4-6-12-22/h4-16,25H,17-19H2,1-3H3,(H,28,31)/t25-/m0/s1. The van der Waals surface area contributed by atoms with Crippen LogP contribution in [0.3, 0.4) is 0 Å². The fourth-order valence-corrected chi connectivity index (χ4v) is 3.83. The number of nitrogens with one attached hydrogen (secondary N) is 1. The first-order valence-electron chi connectivity index (χ1n) is 10.6. The van der Waals surface area contributed by atoms with Crippen molar-refractivity contribution in [3.8, 4) is 0 Å². The molecule has 31 heavy (non-hydrogen) atoms. The fraction of sp³-hybridized carbons (Fsp3) is 0.259. The predicted molar refractivity (Wildman–Crippen MR) is 125 cm³/mol. The molecule has 0 heterocycles. The monoisotopic (exact) mass is 414 g/mol. The topological polar surface area (TPSA) is 49.4 Å². The summed E-state index contributed by atoms with van der Waals surface area (Å²) in [5.41, 5.74) is 5.23. The Labute approximate surface area is 184 Å². The number of benzene rings is 3. The Morgan fingerprint density at radius 1 is 0.806 bits per heavy atom. The minimum absolute atomic E-state index is 0.0587. The van der Waals surface area contributed by atoms with Crippen LogP contribution in [-0.4, -0.2) is 29.8 Å². The highest BCUT2D eigenvalue weighted by molar-refractivity contribution is 5.88. The molecule has 4 heteroatoms. The highest BCUT2D eigenvalue weighted by atomic mass is 16.2. The lowest BCUT2D eigenvalue weighted by molar-refractivity contribution is -0.140. The smallest absolute Gasteiger partial charge is 0.242 e. The maximum Gasteiger partial charge on any atom is 0.242 e. The summed E-state index contributed by atoms with van der Waals surface area (Å²) < 4.78 is 0. The van der Waals surface area contributed by atoms with Gasteiger partial charge in [-0.25, -0.2) is 0 Å². The van der Waals surface area contributed by atoms with Crippen LogP contribution in [0, 0.1) is 13.8 Å². The normalized spacial score (nSPS) is 11.6. The summed E-state index contributed by atoms with van der Waals surface area (Å²) in [7, 11) is 1.62. The zero-order chi connectivity index (χ0) is 22.2. The molecule has 0 aromatic heterocycles. The van der Waals surface area contributed by atoms with E-state index in [-0.39, 0.29) is 18.2 Å². The first-order valence-corrected chi connectivity index (χ1v) is 10.6. The van der Waals surface area contributed by atoms with Crippen LogP contribution in [0.2, 0.25) is 0 Å². The molecule has 3 rings (SSSR count). The summed E-state index contributed by atoms with van der Waals surface area (Å²) in [6.45, 7) is 4.43. The number of amides is 2. The minimum atomic E-state index is -0.592. The molecule has 3 aromatic rings. The van der Waals surface area contributed by atoms with Crippen LogP contribution in [0.15, 0.2) is 78.9 Å². The third kappa shape index (κ3) is 6.29. The molecule has 0 aliphatic carbocycles. The number of nitrogens with zero attached hydrogens (tertiary/aromatic N) is 1. The number of likely N-dealkylation sites (N-methyl/N-ethyl adjacent to an activating group) is 1. The van der Waals surface area contributed by atoms with Crippen molar-refractivity contribution in [3.05, 3.63) is 107 Å². The number of rotatable bonds is 8. The number of hydrogen-bond acceptors (Lipinski definition) is 2. The lowest BCUT2D eigenvalue weighted by Gasteiger charge is -2.31. The van der Waals surface area contributed by atoms with Crippen LogP contribution in [-0.2, 0) is 29.0 Å². The van der Waals surface area contributed by atoms with E-state index in [1.807, 2.05) is 86.6 Å². The molecule has 0 radical (unpaired) electrons. The average Bonchev–Trinajstić information content (AvgIpc) is 2.76. The quantitative estimate of drug-likeness (QED) is 0.600. The van der Waals surface area contributed by atoms with Gasteiger partial charge in [0.1, 0.15) is 6.04 Å². The second-order valence-electron chi connectivity index (χ2n) is 8.00. The first-order chi connectivity index (χ1) is 15.0. The van der Waals surface area contributed by atoms with Crippen LogP contribution in [0.4, 0.5) is 0 Å². The lowest BCUT2D eigenvalue weighted by atomic mass is 10.0. The van der Waals surface area contributed by atoms with Gasteiger partial charge in [0.25, 0.3) is 0 Å². The number of hydrogen-bond donors (Lipinski definition) is 1. The Morgan fingerprint density at radius 3 is 2.00 bits per heavy atom. The van der Waals surface area contributed by atoms with Gasteiger partial charge < -0.3 is 10.2 Å².